The third-order valence-electron chi connectivity index (χ3n) is 3.63. The summed E-state index contributed by atoms with van der Waals surface area (Å²) in [6.45, 7) is 10.8. The molecule has 1 N–H and O–H groups in total. The molecule has 0 spiro atoms. The van der Waals surface area contributed by atoms with Crippen molar-refractivity contribution < 1.29 is 9.47 Å². The van der Waals surface area contributed by atoms with Crippen LogP contribution in [0.4, 0.5) is 0 Å². The van der Waals surface area contributed by atoms with Gasteiger partial charge in [0.05, 0.1) is 19.8 Å². The third-order valence-corrected chi connectivity index (χ3v) is 3.63. The van der Waals surface area contributed by atoms with Crippen LogP contribution in [0.25, 0.3) is 0 Å². The molecule has 0 heterocycles. The molecule has 3 heteroatoms. The predicted octanol–water partition coefficient (Wildman–Crippen LogP) is 2.60. The summed E-state index contributed by atoms with van der Waals surface area (Å²) in [5, 5.41) is 3.61. The smallest absolute Gasteiger partial charge is 0.0701 e. The molecule has 1 fully saturated rings. The summed E-state index contributed by atoms with van der Waals surface area (Å²) in [6, 6.07) is 0. The van der Waals surface area contributed by atoms with E-state index in [1.54, 1.807) is 0 Å². The second-order valence-electron chi connectivity index (χ2n) is 5.32. The minimum atomic E-state index is 0.432. The van der Waals surface area contributed by atoms with Gasteiger partial charge in [0.1, 0.15) is 0 Å². The van der Waals surface area contributed by atoms with Crippen molar-refractivity contribution in [3.63, 3.8) is 0 Å². The standard InChI is InChI=1S/C14H29NO2/c1-4-5-9-16-11-12-17-10-8-15-14(6-7-14)13(2)3/h13,15H,4-12H2,1-3H3. The van der Waals surface area contributed by atoms with Gasteiger partial charge in [0.2, 0.25) is 0 Å². The summed E-state index contributed by atoms with van der Waals surface area (Å²) in [5.41, 5.74) is 0.432. The Kier molecular flexibility index (Phi) is 7.09. The van der Waals surface area contributed by atoms with E-state index in [1.165, 1.54) is 19.3 Å². The quantitative estimate of drug-likeness (QED) is 0.566. The molecule has 0 bridgehead atoms. The van der Waals surface area contributed by atoms with E-state index in [2.05, 4.69) is 26.1 Å². The molecule has 102 valence electrons. The molecule has 0 unspecified atom stereocenters. The summed E-state index contributed by atoms with van der Waals surface area (Å²) in [6.07, 6.45) is 5.00. The van der Waals surface area contributed by atoms with E-state index >= 15 is 0 Å². The first kappa shape index (κ1) is 14.9. The number of hydrogen-bond donors (Lipinski definition) is 1. The second-order valence-corrected chi connectivity index (χ2v) is 5.32. The van der Waals surface area contributed by atoms with Crippen LogP contribution in [0.1, 0.15) is 46.5 Å². The van der Waals surface area contributed by atoms with Crippen molar-refractivity contribution in [3.05, 3.63) is 0 Å². The van der Waals surface area contributed by atoms with E-state index in [1.807, 2.05) is 0 Å². The van der Waals surface area contributed by atoms with Crippen LogP contribution in [0, 0.1) is 5.92 Å². The van der Waals surface area contributed by atoms with Gasteiger partial charge in [0.15, 0.2) is 0 Å². The number of unbranched alkanes of at least 4 members (excludes halogenated alkanes) is 1. The lowest BCUT2D eigenvalue weighted by atomic mass is 10.0. The van der Waals surface area contributed by atoms with Gasteiger partial charge in [-0.1, -0.05) is 27.2 Å². The summed E-state index contributed by atoms with van der Waals surface area (Å²) in [4.78, 5) is 0. The van der Waals surface area contributed by atoms with Gasteiger partial charge < -0.3 is 14.8 Å². The molecule has 1 rings (SSSR count). The fourth-order valence-corrected chi connectivity index (χ4v) is 2.03. The molecule has 1 aliphatic rings. The van der Waals surface area contributed by atoms with Crippen molar-refractivity contribution >= 4 is 0 Å². The van der Waals surface area contributed by atoms with Crippen molar-refractivity contribution in [1.29, 1.82) is 0 Å². The number of hydrogen-bond acceptors (Lipinski definition) is 3. The van der Waals surface area contributed by atoms with Crippen LogP contribution in [-0.4, -0.2) is 38.5 Å². The van der Waals surface area contributed by atoms with Crippen LogP contribution in [-0.2, 0) is 9.47 Å². The molecule has 0 radical (unpaired) electrons. The van der Waals surface area contributed by atoms with E-state index in [0.717, 1.165) is 45.3 Å². The normalized spacial score (nSPS) is 17.6. The molecule has 0 atom stereocenters. The van der Waals surface area contributed by atoms with Gasteiger partial charge in [-0.3, -0.25) is 0 Å². The van der Waals surface area contributed by atoms with Gasteiger partial charge in [-0.05, 0) is 25.2 Å². The van der Waals surface area contributed by atoms with Crippen molar-refractivity contribution in [2.75, 3.05) is 33.0 Å². The fraction of sp³-hybridized carbons (Fsp3) is 1.00. The molecule has 0 aliphatic heterocycles. The number of rotatable bonds is 11. The zero-order valence-electron chi connectivity index (χ0n) is 11.8. The molecule has 3 nitrogen and oxygen atoms in total. The van der Waals surface area contributed by atoms with E-state index < -0.39 is 0 Å². The SMILES string of the molecule is CCCCOCCOCCNC1(C(C)C)CC1. The van der Waals surface area contributed by atoms with Crippen LogP contribution < -0.4 is 5.32 Å². The van der Waals surface area contributed by atoms with Gasteiger partial charge in [-0.2, -0.15) is 0 Å². The molecular formula is C14H29NO2. The largest absolute Gasteiger partial charge is 0.379 e. The van der Waals surface area contributed by atoms with Crippen molar-refractivity contribution in [3.8, 4) is 0 Å². The molecule has 0 aromatic carbocycles. The van der Waals surface area contributed by atoms with Gasteiger partial charge in [-0.25, -0.2) is 0 Å². The Bertz CT molecular complexity index is 191. The summed E-state index contributed by atoms with van der Waals surface area (Å²) >= 11 is 0. The van der Waals surface area contributed by atoms with Gasteiger partial charge in [-0.15, -0.1) is 0 Å². The minimum absolute atomic E-state index is 0.432. The van der Waals surface area contributed by atoms with E-state index in [-0.39, 0.29) is 0 Å². The Morgan fingerprint density at radius 2 is 1.71 bits per heavy atom. The maximum Gasteiger partial charge on any atom is 0.0701 e. The highest BCUT2D eigenvalue weighted by molar-refractivity contribution is 5.03. The van der Waals surface area contributed by atoms with E-state index in [0.29, 0.717) is 5.54 Å². The summed E-state index contributed by atoms with van der Waals surface area (Å²) in [7, 11) is 0. The molecule has 0 amide bonds. The van der Waals surface area contributed by atoms with Gasteiger partial charge >= 0.3 is 0 Å². The highest BCUT2D eigenvalue weighted by Crippen LogP contribution is 2.41. The Morgan fingerprint density at radius 1 is 1.06 bits per heavy atom. The summed E-state index contributed by atoms with van der Waals surface area (Å²) < 4.78 is 11.0. The first-order chi connectivity index (χ1) is 8.21. The fourth-order valence-electron chi connectivity index (χ4n) is 2.03. The average molecular weight is 243 g/mol. The van der Waals surface area contributed by atoms with Crippen LogP contribution in [0.2, 0.25) is 0 Å². The maximum absolute atomic E-state index is 5.53. The lowest BCUT2D eigenvalue weighted by molar-refractivity contribution is 0.0465. The Balaban J connectivity index is 1.82. The van der Waals surface area contributed by atoms with E-state index in [9.17, 15) is 0 Å². The van der Waals surface area contributed by atoms with Crippen molar-refractivity contribution in [2.45, 2.75) is 52.0 Å². The van der Waals surface area contributed by atoms with Crippen molar-refractivity contribution in [1.82, 2.24) is 5.32 Å². The molecular weight excluding hydrogens is 214 g/mol. The highest BCUT2D eigenvalue weighted by atomic mass is 16.5. The van der Waals surface area contributed by atoms with Crippen LogP contribution >= 0.6 is 0 Å². The Morgan fingerprint density at radius 3 is 2.24 bits per heavy atom. The molecule has 1 aliphatic carbocycles. The second kappa shape index (κ2) is 8.06. The third kappa shape index (κ3) is 5.84. The summed E-state index contributed by atoms with van der Waals surface area (Å²) in [5.74, 6) is 0.736. The lowest BCUT2D eigenvalue weighted by Gasteiger charge is -2.21. The monoisotopic (exact) mass is 243 g/mol. The van der Waals surface area contributed by atoms with Crippen molar-refractivity contribution in [2.24, 2.45) is 5.92 Å². The molecule has 0 aromatic heterocycles. The topological polar surface area (TPSA) is 30.5 Å². The first-order valence-corrected chi connectivity index (χ1v) is 7.12. The average Bonchev–Trinajstić information content (AvgIpc) is 3.08. The van der Waals surface area contributed by atoms with Crippen LogP contribution in [0.15, 0.2) is 0 Å². The Hall–Kier alpha value is -0.120. The molecule has 0 saturated heterocycles. The predicted molar refractivity (Wildman–Crippen MR) is 71.4 cm³/mol. The Labute approximate surface area is 106 Å². The highest BCUT2D eigenvalue weighted by Gasteiger charge is 2.44. The molecule has 1 saturated carbocycles. The van der Waals surface area contributed by atoms with Crippen LogP contribution in [0.3, 0.4) is 0 Å². The maximum atomic E-state index is 5.53. The van der Waals surface area contributed by atoms with E-state index in [4.69, 9.17) is 9.47 Å². The minimum Gasteiger partial charge on any atom is -0.379 e. The molecule has 0 aromatic rings. The molecule has 17 heavy (non-hydrogen) atoms. The lowest BCUT2D eigenvalue weighted by Crippen LogP contribution is -2.38. The van der Waals surface area contributed by atoms with Gasteiger partial charge in [0, 0.05) is 18.7 Å². The number of nitrogens with one attached hydrogen (secondary N) is 1. The van der Waals surface area contributed by atoms with Gasteiger partial charge in [0.25, 0.3) is 0 Å². The zero-order valence-corrected chi connectivity index (χ0v) is 11.8. The number of ether oxygens (including phenoxy) is 2. The zero-order chi connectivity index (χ0) is 12.6. The van der Waals surface area contributed by atoms with Crippen LogP contribution in [0.5, 0.6) is 0 Å². The first-order valence-electron chi connectivity index (χ1n) is 7.12.